The van der Waals surface area contributed by atoms with Crippen molar-refractivity contribution in [2.75, 3.05) is 6.26 Å². The number of rotatable bonds is 5. The topological polar surface area (TPSA) is 67.6 Å². The van der Waals surface area contributed by atoms with Crippen molar-refractivity contribution >= 4 is 15.7 Å². The maximum atomic E-state index is 12.9. The lowest BCUT2D eigenvalue weighted by Gasteiger charge is -2.28. The largest absolute Gasteiger partial charge is 0.467 e. The van der Waals surface area contributed by atoms with Crippen molar-refractivity contribution in [2.45, 2.75) is 36.7 Å². The first-order valence-electron chi connectivity index (χ1n) is 7.54. The molecular weight excluding hydrogens is 314 g/mol. The minimum absolute atomic E-state index is 0.101. The van der Waals surface area contributed by atoms with Gasteiger partial charge in [-0.15, -0.1) is 0 Å². The summed E-state index contributed by atoms with van der Waals surface area (Å²) in [5, 5.41) is 0. The summed E-state index contributed by atoms with van der Waals surface area (Å²) in [6.45, 7) is 1.94. The summed E-state index contributed by atoms with van der Waals surface area (Å²) in [6.07, 6.45) is 4.72. The van der Waals surface area contributed by atoms with Crippen LogP contribution >= 0.6 is 0 Å². The molecule has 1 atom stereocenters. The molecule has 1 heterocycles. The Kier molecular flexibility index (Phi) is 4.02. The lowest BCUT2D eigenvalue weighted by Crippen LogP contribution is -2.35. The maximum absolute atomic E-state index is 12.9. The fourth-order valence-electron chi connectivity index (χ4n) is 2.67. The van der Waals surface area contributed by atoms with Crippen LogP contribution in [0.15, 0.2) is 52.0 Å². The van der Waals surface area contributed by atoms with E-state index in [1.54, 1.807) is 18.4 Å². The van der Waals surface area contributed by atoms with E-state index >= 15 is 0 Å². The number of nitrogens with zero attached hydrogens (tertiary/aromatic N) is 1. The number of hydrogen-bond acceptors (Lipinski definition) is 4. The van der Waals surface area contributed by atoms with Crippen LogP contribution in [0.4, 0.5) is 0 Å². The Balaban J connectivity index is 1.87. The zero-order chi connectivity index (χ0) is 16.6. The minimum atomic E-state index is -3.26. The van der Waals surface area contributed by atoms with E-state index in [9.17, 15) is 13.2 Å². The standard InChI is InChI=1S/C17H19NO4S/c1-12(16-4-3-11-22-16)18(14-7-8-14)17(19)13-5-9-15(10-6-13)23(2,20)21/h3-6,9-12,14H,7-8H2,1-2H3/t12-/m0/s1. The molecule has 1 aliphatic carbocycles. The molecule has 0 N–H and O–H groups in total. The van der Waals surface area contributed by atoms with E-state index in [-0.39, 0.29) is 22.9 Å². The van der Waals surface area contributed by atoms with Gasteiger partial charge in [0.05, 0.1) is 17.2 Å². The normalized spacial score (nSPS) is 16.1. The molecule has 1 aromatic heterocycles. The van der Waals surface area contributed by atoms with Gasteiger partial charge in [-0.25, -0.2) is 8.42 Å². The molecule has 0 spiro atoms. The van der Waals surface area contributed by atoms with Gasteiger partial charge in [0.1, 0.15) is 5.76 Å². The number of carbonyl (C=O) groups is 1. The average molecular weight is 333 g/mol. The van der Waals surface area contributed by atoms with Crippen LogP contribution in [0, 0.1) is 0 Å². The molecule has 1 fully saturated rings. The number of carbonyl (C=O) groups excluding carboxylic acids is 1. The highest BCUT2D eigenvalue weighted by atomic mass is 32.2. The second-order valence-corrected chi connectivity index (χ2v) is 7.95. The van der Waals surface area contributed by atoms with Crippen molar-refractivity contribution in [2.24, 2.45) is 0 Å². The van der Waals surface area contributed by atoms with E-state index in [1.165, 1.54) is 12.1 Å². The zero-order valence-electron chi connectivity index (χ0n) is 13.1. The number of furan rings is 1. The van der Waals surface area contributed by atoms with Crippen molar-refractivity contribution < 1.29 is 17.6 Å². The summed E-state index contributed by atoms with van der Waals surface area (Å²) in [7, 11) is -3.26. The van der Waals surface area contributed by atoms with Crippen molar-refractivity contribution in [3.05, 3.63) is 54.0 Å². The van der Waals surface area contributed by atoms with Gasteiger partial charge in [0.25, 0.3) is 5.91 Å². The molecular formula is C17H19NO4S. The van der Waals surface area contributed by atoms with E-state index in [4.69, 9.17) is 4.42 Å². The maximum Gasteiger partial charge on any atom is 0.254 e. The van der Waals surface area contributed by atoms with Crippen molar-refractivity contribution in [1.29, 1.82) is 0 Å². The third-order valence-electron chi connectivity index (χ3n) is 4.08. The van der Waals surface area contributed by atoms with Gasteiger partial charge in [0.2, 0.25) is 0 Å². The molecule has 2 aromatic rings. The molecule has 5 nitrogen and oxygen atoms in total. The summed E-state index contributed by atoms with van der Waals surface area (Å²) in [6, 6.07) is 9.83. The highest BCUT2D eigenvalue weighted by Crippen LogP contribution is 2.35. The van der Waals surface area contributed by atoms with E-state index in [0.717, 1.165) is 24.9 Å². The fraction of sp³-hybridized carbons (Fsp3) is 0.353. The molecule has 0 bridgehead atoms. The molecule has 0 unspecified atom stereocenters. The van der Waals surface area contributed by atoms with Gasteiger partial charge in [-0.1, -0.05) is 0 Å². The summed E-state index contributed by atoms with van der Waals surface area (Å²) in [5.74, 6) is 0.648. The summed E-state index contributed by atoms with van der Waals surface area (Å²) >= 11 is 0. The molecule has 6 heteroatoms. The van der Waals surface area contributed by atoms with Gasteiger partial charge in [0, 0.05) is 17.9 Å². The van der Waals surface area contributed by atoms with Crippen LogP contribution in [-0.4, -0.2) is 31.5 Å². The Hall–Kier alpha value is -2.08. The molecule has 1 aliphatic rings. The second-order valence-electron chi connectivity index (χ2n) is 5.93. The molecule has 1 amide bonds. The van der Waals surface area contributed by atoms with E-state index in [0.29, 0.717) is 5.56 Å². The Morgan fingerprint density at radius 3 is 2.35 bits per heavy atom. The first-order valence-corrected chi connectivity index (χ1v) is 9.43. The predicted octanol–water partition coefficient (Wildman–Crippen LogP) is 3.05. The fourth-order valence-corrected chi connectivity index (χ4v) is 3.30. The highest BCUT2D eigenvalue weighted by Gasteiger charge is 2.37. The molecule has 0 aliphatic heterocycles. The SMILES string of the molecule is C[C@@H](c1ccco1)N(C(=O)c1ccc(S(C)(=O)=O)cc1)C1CC1. The first kappa shape index (κ1) is 15.8. The average Bonchev–Trinajstić information content (AvgIpc) is 3.18. The van der Waals surface area contributed by atoms with Gasteiger partial charge in [0.15, 0.2) is 9.84 Å². The van der Waals surface area contributed by atoms with Gasteiger partial charge in [-0.3, -0.25) is 4.79 Å². The van der Waals surface area contributed by atoms with Crippen molar-refractivity contribution in [1.82, 2.24) is 4.90 Å². The number of amides is 1. The summed E-state index contributed by atoms with van der Waals surface area (Å²) < 4.78 is 28.5. The van der Waals surface area contributed by atoms with Crippen LogP contribution in [0.5, 0.6) is 0 Å². The second kappa shape index (κ2) is 5.85. The molecule has 0 saturated heterocycles. The van der Waals surface area contributed by atoms with Crippen LogP contribution in [0.3, 0.4) is 0 Å². The number of sulfone groups is 1. The predicted molar refractivity (Wildman–Crippen MR) is 85.9 cm³/mol. The van der Waals surface area contributed by atoms with Crippen LogP contribution in [0.1, 0.15) is 41.9 Å². The zero-order valence-corrected chi connectivity index (χ0v) is 13.9. The third kappa shape index (κ3) is 3.32. The lowest BCUT2D eigenvalue weighted by molar-refractivity contribution is 0.0652. The van der Waals surface area contributed by atoms with Crippen LogP contribution in [0.25, 0.3) is 0 Å². The van der Waals surface area contributed by atoms with Gasteiger partial charge < -0.3 is 9.32 Å². The molecule has 0 radical (unpaired) electrons. The van der Waals surface area contributed by atoms with E-state index in [1.807, 2.05) is 24.0 Å². The van der Waals surface area contributed by atoms with E-state index < -0.39 is 9.84 Å². The van der Waals surface area contributed by atoms with Crippen molar-refractivity contribution in [3.8, 4) is 0 Å². The van der Waals surface area contributed by atoms with Gasteiger partial charge in [-0.2, -0.15) is 0 Å². The summed E-state index contributed by atoms with van der Waals surface area (Å²) in [5.41, 5.74) is 0.489. The van der Waals surface area contributed by atoms with Gasteiger partial charge >= 0.3 is 0 Å². The molecule has 1 saturated carbocycles. The highest BCUT2D eigenvalue weighted by molar-refractivity contribution is 7.90. The summed E-state index contributed by atoms with van der Waals surface area (Å²) in [4.78, 5) is 14.9. The van der Waals surface area contributed by atoms with Gasteiger partial charge in [-0.05, 0) is 56.2 Å². The third-order valence-corrected chi connectivity index (χ3v) is 5.20. The Morgan fingerprint density at radius 1 is 1.22 bits per heavy atom. The minimum Gasteiger partial charge on any atom is -0.467 e. The number of hydrogen-bond donors (Lipinski definition) is 0. The van der Waals surface area contributed by atoms with Crippen LogP contribution < -0.4 is 0 Å². The van der Waals surface area contributed by atoms with Crippen molar-refractivity contribution in [3.63, 3.8) is 0 Å². The molecule has 122 valence electrons. The molecule has 1 aromatic carbocycles. The van der Waals surface area contributed by atoms with Crippen LogP contribution in [-0.2, 0) is 9.84 Å². The molecule has 3 rings (SSSR count). The van der Waals surface area contributed by atoms with E-state index in [2.05, 4.69) is 0 Å². The number of benzene rings is 1. The quantitative estimate of drug-likeness (QED) is 0.843. The Labute approximate surface area is 135 Å². The monoisotopic (exact) mass is 333 g/mol. The Bertz CT molecular complexity index is 790. The Morgan fingerprint density at radius 2 is 1.87 bits per heavy atom. The van der Waals surface area contributed by atoms with Crippen LogP contribution in [0.2, 0.25) is 0 Å². The lowest BCUT2D eigenvalue weighted by atomic mass is 10.1. The molecule has 23 heavy (non-hydrogen) atoms. The first-order chi connectivity index (χ1) is 10.9. The smallest absolute Gasteiger partial charge is 0.254 e.